The van der Waals surface area contributed by atoms with E-state index in [4.69, 9.17) is 23.2 Å². The molecule has 0 amide bonds. The molecule has 84 valence electrons. The fourth-order valence-corrected chi connectivity index (χ4v) is 1.34. The first-order chi connectivity index (χ1) is 7.56. The molecule has 0 aromatic heterocycles. The number of halogens is 2. The number of nitrogens with zero attached hydrogens (tertiary/aromatic N) is 1. The zero-order valence-corrected chi connectivity index (χ0v) is 9.89. The maximum atomic E-state index is 10.7. The molecule has 0 saturated heterocycles. The lowest BCUT2D eigenvalue weighted by Crippen LogP contribution is -2.04. The van der Waals surface area contributed by atoms with E-state index in [-0.39, 0.29) is 21.3 Å². The van der Waals surface area contributed by atoms with Crippen molar-refractivity contribution in [1.29, 1.82) is 0 Å². The minimum absolute atomic E-state index is 0.141. The Kier molecular flexibility index (Phi) is 4.56. The zero-order chi connectivity index (χ0) is 12.1. The van der Waals surface area contributed by atoms with Crippen LogP contribution in [-0.2, 0) is 0 Å². The summed E-state index contributed by atoms with van der Waals surface area (Å²) in [6, 6.07) is 2.60. The molecule has 0 heterocycles. The molecule has 1 aromatic rings. The summed E-state index contributed by atoms with van der Waals surface area (Å²) in [6.45, 7) is 0.442. The summed E-state index contributed by atoms with van der Waals surface area (Å²) < 4.78 is 0. The second kappa shape index (κ2) is 5.71. The Morgan fingerprint density at radius 1 is 1.44 bits per heavy atom. The predicted octanol–water partition coefficient (Wildman–Crippen LogP) is 2.47. The number of nitro benzene ring substituents is 1. The van der Waals surface area contributed by atoms with E-state index in [0.717, 1.165) is 0 Å². The molecule has 0 aliphatic carbocycles. The Morgan fingerprint density at radius 3 is 2.62 bits per heavy atom. The molecule has 0 spiro atoms. The summed E-state index contributed by atoms with van der Waals surface area (Å²) in [5, 5.41) is 13.9. The molecule has 1 N–H and O–H groups in total. The van der Waals surface area contributed by atoms with Gasteiger partial charge in [-0.25, -0.2) is 0 Å². The largest absolute Gasteiger partial charge is 0.309 e. The smallest absolute Gasteiger partial charge is 0.286 e. The average molecular weight is 259 g/mol. The second-order valence-electron chi connectivity index (χ2n) is 2.87. The van der Waals surface area contributed by atoms with Gasteiger partial charge in [-0.3, -0.25) is 10.1 Å². The lowest BCUT2D eigenvalue weighted by molar-refractivity contribution is -0.385. The fourth-order valence-electron chi connectivity index (χ4n) is 1.02. The third-order valence-electron chi connectivity index (χ3n) is 1.72. The molecule has 0 unspecified atom stereocenters. The second-order valence-corrected chi connectivity index (χ2v) is 3.69. The van der Waals surface area contributed by atoms with Gasteiger partial charge in [-0.1, -0.05) is 35.0 Å². The van der Waals surface area contributed by atoms with Crippen molar-refractivity contribution >= 4 is 28.9 Å². The van der Waals surface area contributed by atoms with Gasteiger partial charge in [-0.2, -0.15) is 0 Å². The Labute approximate surface area is 103 Å². The maximum Gasteiger partial charge on any atom is 0.286 e. The van der Waals surface area contributed by atoms with E-state index in [1.165, 1.54) is 12.1 Å². The van der Waals surface area contributed by atoms with Crippen LogP contribution in [0.3, 0.4) is 0 Å². The summed E-state index contributed by atoms with van der Waals surface area (Å²) in [5.41, 5.74) is 0.118. The topological polar surface area (TPSA) is 55.2 Å². The molecule has 16 heavy (non-hydrogen) atoms. The molecule has 0 saturated carbocycles. The molecule has 1 rings (SSSR count). The van der Waals surface area contributed by atoms with Crippen LogP contribution < -0.4 is 5.32 Å². The SMILES string of the molecule is CNCC#Cc1cc(Cl)c(Cl)cc1[N+](=O)[O-]. The highest BCUT2D eigenvalue weighted by molar-refractivity contribution is 6.42. The first kappa shape index (κ1) is 12.8. The van der Waals surface area contributed by atoms with Crippen molar-refractivity contribution in [2.45, 2.75) is 0 Å². The van der Waals surface area contributed by atoms with E-state index in [2.05, 4.69) is 17.2 Å². The summed E-state index contributed by atoms with van der Waals surface area (Å²) >= 11 is 11.5. The van der Waals surface area contributed by atoms with Crippen LogP contribution in [0.15, 0.2) is 12.1 Å². The predicted molar refractivity (Wildman–Crippen MR) is 63.9 cm³/mol. The van der Waals surface area contributed by atoms with Gasteiger partial charge in [-0.15, -0.1) is 0 Å². The number of rotatable bonds is 2. The molecule has 0 bridgehead atoms. The van der Waals surface area contributed by atoms with Gasteiger partial charge < -0.3 is 5.32 Å². The van der Waals surface area contributed by atoms with Gasteiger partial charge in [0.2, 0.25) is 0 Å². The van der Waals surface area contributed by atoms with Crippen molar-refractivity contribution in [1.82, 2.24) is 5.32 Å². The third-order valence-corrected chi connectivity index (χ3v) is 2.45. The minimum atomic E-state index is -0.536. The van der Waals surface area contributed by atoms with Gasteiger partial charge in [0.15, 0.2) is 0 Å². The summed E-state index contributed by atoms with van der Waals surface area (Å²) in [5.74, 6) is 5.39. The molecule has 0 atom stereocenters. The molecule has 0 radical (unpaired) electrons. The highest BCUT2D eigenvalue weighted by Crippen LogP contribution is 2.29. The molecule has 1 aromatic carbocycles. The van der Waals surface area contributed by atoms with Crippen molar-refractivity contribution in [3.05, 3.63) is 37.9 Å². The normalized spacial score (nSPS) is 9.44. The standard InChI is InChI=1S/C10H8Cl2N2O2/c1-13-4-2-3-7-5-8(11)9(12)6-10(7)14(15)16/h5-6,13H,4H2,1H3. The van der Waals surface area contributed by atoms with Crippen LogP contribution in [-0.4, -0.2) is 18.5 Å². The van der Waals surface area contributed by atoms with Crippen LogP contribution in [0.1, 0.15) is 5.56 Å². The quantitative estimate of drug-likeness (QED) is 0.504. The van der Waals surface area contributed by atoms with Crippen LogP contribution >= 0.6 is 23.2 Å². The number of nitrogens with one attached hydrogen (secondary N) is 1. The molecule has 0 fully saturated rings. The fraction of sp³-hybridized carbons (Fsp3) is 0.200. The van der Waals surface area contributed by atoms with Gasteiger partial charge >= 0.3 is 0 Å². The van der Waals surface area contributed by atoms with Gasteiger partial charge in [-0.05, 0) is 13.1 Å². The van der Waals surface area contributed by atoms with Gasteiger partial charge in [0.05, 0.1) is 21.5 Å². The highest BCUT2D eigenvalue weighted by Gasteiger charge is 2.15. The van der Waals surface area contributed by atoms with E-state index in [1.54, 1.807) is 7.05 Å². The number of hydrogen-bond acceptors (Lipinski definition) is 3. The zero-order valence-electron chi connectivity index (χ0n) is 8.38. The highest BCUT2D eigenvalue weighted by atomic mass is 35.5. The lowest BCUT2D eigenvalue weighted by atomic mass is 10.2. The Bertz CT molecular complexity index is 478. The monoisotopic (exact) mass is 258 g/mol. The van der Waals surface area contributed by atoms with Crippen molar-refractivity contribution in [2.24, 2.45) is 0 Å². The van der Waals surface area contributed by atoms with E-state index in [9.17, 15) is 10.1 Å². The summed E-state index contributed by atoms with van der Waals surface area (Å²) in [7, 11) is 1.73. The van der Waals surface area contributed by atoms with Crippen LogP contribution in [0.4, 0.5) is 5.69 Å². The van der Waals surface area contributed by atoms with Gasteiger partial charge in [0, 0.05) is 6.07 Å². The lowest BCUT2D eigenvalue weighted by Gasteiger charge is -1.99. The Morgan fingerprint density at radius 2 is 2.06 bits per heavy atom. The summed E-state index contributed by atoms with van der Waals surface area (Å²) in [4.78, 5) is 10.2. The molecular formula is C10H8Cl2N2O2. The molecule has 4 nitrogen and oxygen atoms in total. The van der Waals surface area contributed by atoms with Crippen molar-refractivity contribution in [3.8, 4) is 11.8 Å². The average Bonchev–Trinajstić information content (AvgIpc) is 2.23. The van der Waals surface area contributed by atoms with Crippen molar-refractivity contribution in [2.75, 3.05) is 13.6 Å². The molecular weight excluding hydrogens is 251 g/mol. The van der Waals surface area contributed by atoms with E-state index in [1.807, 2.05) is 0 Å². The maximum absolute atomic E-state index is 10.7. The third kappa shape index (κ3) is 3.11. The van der Waals surface area contributed by atoms with Gasteiger partial charge in [0.25, 0.3) is 5.69 Å². The number of benzene rings is 1. The first-order valence-electron chi connectivity index (χ1n) is 4.33. The van der Waals surface area contributed by atoms with Crippen LogP contribution in [0, 0.1) is 22.0 Å². The van der Waals surface area contributed by atoms with E-state index >= 15 is 0 Å². The van der Waals surface area contributed by atoms with Gasteiger partial charge in [0.1, 0.15) is 5.56 Å². The molecule has 0 aliphatic rings. The molecule has 6 heteroatoms. The molecule has 0 aliphatic heterocycles. The number of hydrogen-bond donors (Lipinski definition) is 1. The first-order valence-corrected chi connectivity index (χ1v) is 5.08. The van der Waals surface area contributed by atoms with E-state index in [0.29, 0.717) is 6.54 Å². The Hall–Kier alpha value is -1.28. The van der Waals surface area contributed by atoms with Crippen molar-refractivity contribution < 1.29 is 4.92 Å². The van der Waals surface area contributed by atoms with Crippen LogP contribution in [0.2, 0.25) is 10.0 Å². The Balaban J connectivity index is 3.21. The summed E-state index contributed by atoms with van der Waals surface area (Å²) in [6.07, 6.45) is 0. The van der Waals surface area contributed by atoms with Crippen molar-refractivity contribution in [3.63, 3.8) is 0 Å². The van der Waals surface area contributed by atoms with Crippen LogP contribution in [0.25, 0.3) is 0 Å². The minimum Gasteiger partial charge on any atom is -0.309 e. The van der Waals surface area contributed by atoms with Crippen LogP contribution in [0.5, 0.6) is 0 Å². The van der Waals surface area contributed by atoms with E-state index < -0.39 is 4.92 Å². The number of nitro groups is 1.